The average Bonchev–Trinajstić information content (AvgIpc) is 2.83. The predicted octanol–water partition coefficient (Wildman–Crippen LogP) is 0.378. The summed E-state index contributed by atoms with van der Waals surface area (Å²) in [4.78, 5) is 37.6. The van der Waals surface area contributed by atoms with Crippen molar-refractivity contribution >= 4 is 17.9 Å². The minimum Gasteiger partial charge on any atom is -0.444 e. The fourth-order valence-electron chi connectivity index (χ4n) is 2.68. The van der Waals surface area contributed by atoms with E-state index in [-0.39, 0.29) is 12.3 Å². The zero-order valence-electron chi connectivity index (χ0n) is 12.8. The highest BCUT2D eigenvalue weighted by Gasteiger charge is 2.65. The maximum absolute atomic E-state index is 12.3. The van der Waals surface area contributed by atoms with Crippen molar-refractivity contribution < 1.29 is 19.1 Å². The van der Waals surface area contributed by atoms with Crippen LogP contribution in [0.25, 0.3) is 0 Å². The van der Waals surface area contributed by atoms with Gasteiger partial charge in [0.15, 0.2) is 0 Å². The summed E-state index contributed by atoms with van der Waals surface area (Å²) >= 11 is 0. The van der Waals surface area contributed by atoms with Gasteiger partial charge in [-0.15, -0.1) is 0 Å². The summed E-state index contributed by atoms with van der Waals surface area (Å²) < 4.78 is 5.13. The van der Waals surface area contributed by atoms with E-state index in [9.17, 15) is 14.4 Å². The van der Waals surface area contributed by atoms with Crippen molar-refractivity contribution in [2.24, 2.45) is 11.7 Å². The Morgan fingerprint density at radius 2 is 1.81 bits per heavy atom. The van der Waals surface area contributed by atoms with Crippen LogP contribution in [-0.2, 0) is 14.3 Å². The Morgan fingerprint density at radius 1 is 1.24 bits per heavy atom. The van der Waals surface area contributed by atoms with Gasteiger partial charge in [0.2, 0.25) is 11.8 Å². The average molecular weight is 297 g/mol. The quantitative estimate of drug-likeness (QED) is 0.786. The van der Waals surface area contributed by atoms with Gasteiger partial charge in [-0.3, -0.25) is 9.59 Å². The van der Waals surface area contributed by atoms with Crippen molar-refractivity contribution in [1.29, 1.82) is 0 Å². The van der Waals surface area contributed by atoms with Crippen LogP contribution in [0.15, 0.2) is 0 Å². The van der Waals surface area contributed by atoms with Crippen LogP contribution in [-0.4, -0.2) is 47.0 Å². The second-order valence-electron chi connectivity index (χ2n) is 6.75. The molecule has 0 aromatic rings. The molecule has 0 spiro atoms. The third-order valence-electron chi connectivity index (χ3n) is 3.84. The third kappa shape index (κ3) is 3.28. The topological polar surface area (TPSA) is 102 Å². The maximum atomic E-state index is 12.3. The van der Waals surface area contributed by atoms with Gasteiger partial charge in [-0.25, -0.2) is 4.79 Å². The Bertz CT molecular complexity index is 465. The molecule has 7 nitrogen and oxygen atoms in total. The molecule has 21 heavy (non-hydrogen) atoms. The molecule has 1 aliphatic heterocycles. The van der Waals surface area contributed by atoms with E-state index < -0.39 is 29.1 Å². The molecule has 2 aliphatic rings. The van der Waals surface area contributed by atoms with Crippen LogP contribution in [0.5, 0.6) is 0 Å². The summed E-state index contributed by atoms with van der Waals surface area (Å²) in [7, 11) is 0. The summed E-state index contributed by atoms with van der Waals surface area (Å²) in [5.74, 6) is -1.37. The molecule has 3 N–H and O–H groups in total. The fourth-order valence-corrected chi connectivity index (χ4v) is 2.68. The Balaban J connectivity index is 2.02. The maximum Gasteiger partial charge on any atom is 0.408 e. The largest absolute Gasteiger partial charge is 0.444 e. The first-order valence-electron chi connectivity index (χ1n) is 7.25. The second-order valence-corrected chi connectivity index (χ2v) is 6.75. The molecule has 1 heterocycles. The molecule has 2 atom stereocenters. The summed E-state index contributed by atoms with van der Waals surface area (Å²) in [5.41, 5.74) is 3.43. The van der Waals surface area contributed by atoms with Crippen LogP contribution >= 0.6 is 0 Å². The van der Waals surface area contributed by atoms with E-state index in [1.54, 1.807) is 25.7 Å². The van der Waals surface area contributed by atoms with E-state index in [1.807, 2.05) is 0 Å². The van der Waals surface area contributed by atoms with E-state index in [0.717, 1.165) is 12.8 Å². The van der Waals surface area contributed by atoms with Crippen LogP contribution < -0.4 is 11.1 Å². The number of carbonyl (C=O) groups is 3. The molecule has 0 aromatic heterocycles. The van der Waals surface area contributed by atoms with Crippen molar-refractivity contribution in [3.05, 3.63) is 0 Å². The summed E-state index contributed by atoms with van der Waals surface area (Å²) in [5, 5.41) is 2.49. The standard InChI is InChI=1S/C14H23N3O4/c1-13(2,3)21-12(20)16-14(11(15)19)8-9(14)10(18)17-6-4-5-7-17/h9H,4-8H2,1-3H3,(H2,15,19)(H,16,20). The molecule has 118 valence electrons. The highest BCUT2D eigenvalue weighted by molar-refractivity contribution is 6.00. The highest BCUT2D eigenvalue weighted by Crippen LogP contribution is 2.45. The molecule has 2 rings (SSSR count). The van der Waals surface area contributed by atoms with Gasteiger partial charge < -0.3 is 20.7 Å². The van der Waals surface area contributed by atoms with E-state index in [4.69, 9.17) is 10.5 Å². The molecule has 0 bridgehead atoms. The number of hydrogen-bond donors (Lipinski definition) is 2. The van der Waals surface area contributed by atoms with Crippen molar-refractivity contribution in [1.82, 2.24) is 10.2 Å². The van der Waals surface area contributed by atoms with E-state index in [0.29, 0.717) is 13.1 Å². The number of nitrogens with two attached hydrogens (primary N) is 1. The van der Waals surface area contributed by atoms with Crippen LogP contribution in [0.4, 0.5) is 4.79 Å². The van der Waals surface area contributed by atoms with Gasteiger partial charge in [0.25, 0.3) is 0 Å². The summed E-state index contributed by atoms with van der Waals surface area (Å²) in [6.07, 6.45) is 1.47. The second kappa shape index (κ2) is 5.20. The van der Waals surface area contributed by atoms with Gasteiger partial charge in [-0.2, -0.15) is 0 Å². The minimum atomic E-state index is -1.29. The van der Waals surface area contributed by atoms with Gasteiger partial charge in [-0.05, 0) is 40.0 Å². The van der Waals surface area contributed by atoms with E-state index in [1.165, 1.54) is 0 Å². The number of amides is 3. The normalized spacial score (nSPS) is 28.1. The Hall–Kier alpha value is -1.79. The van der Waals surface area contributed by atoms with Gasteiger partial charge in [0.05, 0.1) is 5.92 Å². The third-order valence-corrected chi connectivity index (χ3v) is 3.84. The number of ether oxygens (including phenoxy) is 1. The number of nitrogens with zero attached hydrogens (tertiary/aromatic N) is 1. The molecule has 0 aromatic carbocycles. The van der Waals surface area contributed by atoms with Crippen molar-refractivity contribution in [2.45, 2.75) is 51.2 Å². The number of rotatable bonds is 3. The first kappa shape index (κ1) is 15.6. The highest BCUT2D eigenvalue weighted by atomic mass is 16.6. The number of hydrogen-bond acceptors (Lipinski definition) is 4. The lowest BCUT2D eigenvalue weighted by molar-refractivity contribution is -0.134. The molecule has 2 unspecified atom stereocenters. The number of carbonyl (C=O) groups excluding carboxylic acids is 3. The number of alkyl carbamates (subject to hydrolysis) is 1. The number of primary amides is 1. The fraction of sp³-hybridized carbons (Fsp3) is 0.786. The molecule has 1 aliphatic carbocycles. The SMILES string of the molecule is CC(C)(C)OC(=O)NC1(C(N)=O)CC1C(=O)N1CCCC1. The van der Waals surface area contributed by atoms with Gasteiger partial charge >= 0.3 is 6.09 Å². The van der Waals surface area contributed by atoms with Crippen LogP contribution in [0, 0.1) is 5.92 Å². The van der Waals surface area contributed by atoms with Gasteiger partial charge in [0, 0.05) is 13.1 Å². The van der Waals surface area contributed by atoms with Crippen molar-refractivity contribution in [3.8, 4) is 0 Å². The Labute approximate surface area is 124 Å². The molecule has 1 saturated heterocycles. The van der Waals surface area contributed by atoms with Crippen molar-refractivity contribution in [2.75, 3.05) is 13.1 Å². The Kier molecular flexibility index (Phi) is 3.86. The minimum absolute atomic E-state index is 0.109. The predicted molar refractivity (Wildman–Crippen MR) is 75.2 cm³/mol. The smallest absolute Gasteiger partial charge is 0.408 e. The molecule has 3 amide bonds. The zero-order chi connectivity index (χ0) is 15.8. The zero-order valence-corrected chi connectivity index (χ0v) is 12.8. The van der Waals surface area contributed by atoms with E-state index in [2.05, 4.69) is 5.32 Å². The molecular weight excluding hydrogens is 274 g/mol. The summed E-state index contributed by atoms with van der Waals surface area (Å²) in [6, 6.07) is 0. The molecule has 1 saturated carbocycles. The first-order chi connectivity index (χ1) is 9.66. The van der Waals surface area contributed by atoms with Gasteiger partial charge in [-0.1, -0.05) is 0 Å². The van der Waals surface area contributed by atoms with Crippen molar-refractivity contribution in [3.63, 3.8) is 0 Å². The van der Waals surface area contributed by atoms with E-state index >= 15 is 0 Å². The lowest BCUT2D eigenvalue weighted by atomic mass is 10.1. The number of nitrogens with one attached hydrogen (secondary N) is 1. The molecular formula is C14H23N3O4. The molecule has 2 fully saturated rings. The number of likely N-dealkylation sites (tertiary alicyclic amines) is 1. The first-order valence-corrected chi connectivity index (χ1v) is 7.25. The monoisotopic (exact) mass is 297 g/mol. The van der Waals surface area contributed by atoms with Crippen LogP contribution in [0.2, 0.25) is 0 Å². The van der Waals surface area contributed by atoms with Crippen LogP contribution in [0.1, 0.15) is 40.0 Å². The van der Waals surface area contributed by atoms with Gasteiger partial charge in [0.1, 0.15) is 11.1 Å². The van der Waals surface area contributed by atoms with Crippen LogP contribution in [0.3, 0.4) is 0 Å². The summed E-state index contributed by atoms with van der Waals surface area (Å²) in [6.45, 7) is 6.59. The molecule has 7 heteroatoms. The lowest BCUT2D eigenvalue weighted by Crippen LogP contribution is -2.51. The molecule has 0 radical (unpaired) electrons. The lowest BCUT2D eigenvalue weighted by Gasteiger charge is -2.23. The Morgan fingerprint density at radius 3 is 2.29 bits per heavy atom.